The first kappa shape index (κ1) is 31.1. The highest BCUT2D eigenvalue weighted by Crippen LogP contribution is 2.52. The molecule has 2 aromatic carbocycles. The van der Waals surface area contributed by atoms with Gasteiger partial charge in [0.15, 0.2) is 5.78 Å². The Morgan fingerprint density at radius 3 is 2.47 bits per heavy atom. The number of aromatic nitrogens is 1. The number of rotatable bonds is 11. The van der Waals surface area contributed by atoms with Gasteiger partial charge in [0, 0.05) is 41.7 Å². The molecule has 1 aromatic heterocycles. The third-order valence-corrected chi connectivity index (χ3v) is 9.97. The molecule has 236 valence electrons. The van der Waals surface area contributed by atoms with E-state index >= 15 is 0 Å². The van der Waals surface area contributed by atoms with Crippen molar-refractivity contribution in [1.29, 1.82) is 0 Å². The quantitative estimate of drug-likeness (QED) is 0.320. The van der Waals surface area contributed by atoms with Gasteiger partial charge in [-0.3, -0.25) is 24.6 Å². The second-order valence-corrected chi connectivity index (χ2v) is 13.3. The Hall–Kier alpha value is -3.90. The van der Waals surface area contributed by atoms with Crippen LogP contribution in [0.4, 0.5) is 0 Å². The summed E-state index contributed by atoms with van der Waals surface area (Å²) in [4.78, 5) is 31.9. The van der Waals surface area contributed by atoms with Gasteiger partial charge in [0.2, 0.25) is 15.9 Å². The monoisotopic (exact) mass is 631 g/mol. The maximum Gasteiger partial charge on any atom is 0.244 e. The number of carbonyl (C=O) groups is 2. The average molecular weight is 632 g/mol. The van der Waals surface area contributed by atoms with Crippen LogP contribution in [0.2, 0.25) is 0 Å². The molecule has 1 saturated carbocycles. The molecule has 3 aliphatic rings. The summed E-state index contributed by atoms with van der Waals surface area (Å²) in [6.45, 7) is 6.40. The molecular weight excluding hydrogens is 594 g/mol. The number of fused-ring (bicyclic) bond motifs is 2. The fourth-order valence-electron chi connectivity index (χ4n) is 6.58. The number of nitrogens with zero attached hydrogens (tertiary/aromatic N) is 1. The Bertz CT molecular complexity index is 1800. The predicted octanol–water partition coefficient (Wildman–Crippen LogP) is 4.20. The van der Waals surface area contributed by atoms with E-state index in [1.165, 1.54) is 7.11 Å². The van der Waals surface area contributed by atoms with Crippen LogP contribution in [0.1, 0.15) is 72.3 Å². The molecule has 0 saturated heterocycles. The summed E-state index contributed by atoms with van der Waals surface area (Å²) in [6.07, 6.45) is 1.45. The Kier molecular flexibility index (Phi) is 8.38. The maximum atomic E-state index is 14.0. The van der Waals surface area contributed by atoms with E-state index in [1.807, 2.05) is 45.0 Å². The van der Waals surface area contributed by atoms with Crippen LogP contribution in [0, 0.1) is 6.92 Å². The maximum absolute atomic E-state index is 14.0. The molecule has 2 N–H and O–H groups in total. The number of pyridine rings is 1. The number of hydrogen-bond acceptors (Lipinski definition) is 9. The van der Waals surface area contributed by atoms with Gasteiger partial charge in [-0.05, 0) is 62.4 Å². The van der Waals surface area contributed by atoms with Crippen molar-refractivity contribution < 1.29 is 32.2 Å². The van der Waals surface area contributed by atoms with E-state index in [4.69, 9.17) is 14.2 Å². The summed E-state index contributed by atoms with van der Waals surface area (Å²) in [6, 6.07) is 15.7. The molecule has 3 unspecified atom stereocenters. The van der Waals surface area contributed by atoms with Crippen LogP contribution in [-0.4, -0.2) is 51.6 Å². The number of ether oxygens (including phenoxy) is 3. The van der Waals surface area contributed by atoms with E-state index in [2.05, 4.69) is 15.0 Å². The van der Waals surface area contributed by atoms with Crippen molar-refractivity contribution in [3.05, 3.63) is 99.9 Å². The summed E-state index contributed by atoms with van der Waals surface area (Å²) in [7, 11) is -2.48. The fourth-order valence-corrected chi connectivity index (χ4v) is 7.75. The third kappa shape index (κ3) is 5.58. The molecule has 0 radical (unpaired) electrons. The average Bonchev–Trinajstić information content (AvgIpc) is 3.75. The minimum absolute atomic E-state index is 0.148. The summed E-state index contributed by atoms with van der Waals surface area (Å²) in [5.74, 6) is -0.518. The molecule has 1 aliphatic heterocycles. The lowest BCUT2D eigenvalue weighted by molar-refractivity contribution is -0.127. The van der Waals surface area contributed by atoms with Crippen LogP contribution >= 0.6 is 0 Å². The summed E-state index contributed by atoms with van der Waals surface area (Å²) >= 11 is 0. The van der Waals surface area contributed by atoms with Crippen LogP contribution in [0.3, 0.4) is 0 Å². The number of aryl methyl sites for hydroxylation is 1. The number of nitrogens with one attached hydrogen (secondary N) is 2. The van der Waals surface area contributed by atoms with E-state index in [-0.39, 0.29) is 11.5 Å². The highest BCUT2D eigenvalue weighted by atomic mass is 32.2. The Morgan fingerprint density at radius 2 is 1.78 bits per heavy atom. The zero-order chi connectivity index (χ0) is 31.9. The number of para-hydroxylation sites is 1. The Morgan fingerprint density at radius 1 is 1.02 bits per heavy atom. The summed E-state index contributed by atoms with van der Waals surface area (Å²) in [5.41, 5.74) is 4.52. The minimum atomic E-state index is -4.01. The van der Waals surface area contributed by atoms with Crippen LogP contribution in [0.15, 0.2) is 66.4 Å². The molecule has 3 atom stereocenters. The van der Waals surface area contributed by atoms with E-state index in [1.54, 1.807) is 36.5 Å². The normalized spacial score (nSPS) is 21.7. The van der Waals surface area contributed by atoms with E-state index in [0.29, 0.717) is 65.3 Å². The van der Waals surface area contributed by atoms with Gasteiger partial charge in [0.1, 0.15) is 18.1 Å². The molecule has 0 spiro atoms. The fraction of sp³-hybridized carbons (Fsp3) is 0.382. The molecule has 11 heteroatoms. The van der Waals surface area contributed by atoms with Crippen LogP contribution in [-0.2, 0) is 40.3 Å². The molecule has 45 heavy (non-hydrogen) atoms. The van der Waals surface area contributed by atoms with Crippen LogP contribution in [0.25, 0.3) is 5.57 Å². The predicted molar refractivity (Wildman–Crippen MR) is 168 cm³/mol. The van der Waals surface area contributed by atoms with Gasteiger partial charge in [-0.25, -0.2) is 8.42 Å². The summed E-state index contributed by atoms with van der Waals surface area (Å²) in [5, 5.41) is 3.47. The van der Waals surface area contributed by atoms with E-state index < -0.39 is 39.7 Å². The van der Waals surface area contributed by atoms with Gasteiger partial charge in [0.05, 0.1) is 30.0 Å². The van der Waals surface area contributed by atoms with Crippen LogP contribution in [0.5, 0.6) is 5.75 Å². The topological polar surface area (TPSA) is 133 Å². The number of carbonyl (C=O) groups excluding carboxylic acids is 2. The zero-order valence-corrected chi connectivity index (χ0v) is 26.6. The number of ketones is 1. The minimum Gasteiger partial charge on any atom is -0.496 e. The molecule has 2 heterocycles. The standard InChI is InChI=1S/C34H37N3O7S/c1-5-43-31-23-10-9-17-35-28(23)27-26(30(31)38)29(36-32(27)44-6-2)22-14-13-21(18-20(22)3)19-45(40,41)37-33(39)34(15-16-34)24-11-7-8-12-25(24)42-4/h7-14,17-18,29,31-32,36H,5-6,15-16,19H2,1-4H3,(H,37,39). The van der Waals surface area contributed by atoms with E-state index in [0.717, 1.165) is 11.1 Å². The SMILES string of the molecule is CCOC1NC(c2ccc(CS(=O)(=O)NC(=O)C3(c4ccccc4OC)CC3)cc2C)C2=C1c1ncccc1C(OCC)C2=O. The lowest BCUT2D eigenvalue weighted by Crippen LogP contribution is -2.39. The first-order valence-electron chi connectivity index (χ1n) is 15.1. The molecule has 3 aromatic rings. The first-order valence-corrected chi connectivity index (χ1v) is 16.8. The molecule has 6 rings (SSSR count). The van der Waals surface area contributed by atoms with Gasteiger partial charge >= 0.3 is 0 Å². The second-order valence-electron chi connectivity index (χ2n) is 11.6. The number of sulfonamides is 1. The van der Waals surface area contributed by atoms with Gasteiger partial charge in [0.25, 0.3) is 0 Å². The Labute approximate surface area is 263 Å². The number of methoxy groups -OCH3 is 1. The van der Waals surface area contributed by atoms with Gasteiger partial charge in [-0.2, -0.15) is 0 Å². The lowest BCUT2D eigenvalue weighted by Gasteiger charge is -2.27. The van der Waals surface area contributed by atoms with Crippen LogP contribution < -0.4 is 14.8 Å². The van der Waals surface area contributed by atoms with Crippen molar-refractivity contribution in [1.82, 2.24) is 15.0 Å². The smallest absolute Gasteiger partial charge is 0.244 e. The molecule has 1 fully saturated rings. The number of hydrogen-bond donors (Lipinski definition) is 2. The number of benzene rings is 2. The molecule has 10 nitrogen and oxygen atoms in total. The number of amides is 1. The van der Waals surface area contributed by atoms with Crippen molar-refractivity contribution in [2.45, 2.75) is 63.2 Å². The second kappa shape index (κ2) is 12.1. The molecule has 2 aliphatic carbocycles. The lowest BCUT2D eigenvalue weighted by atomic mass is 9.82. The highest BCUT2D eigenvalue weighted by Gasteiger charge is 2.54. The zero-order valence-electron chi connectivity index (χ0n) is 25.8. The van der Waals surface area contributed by atoms with Gasteiger partial charge in [-0.1, -0.05) is 42.5 Å². The van der Waals surface area contributed by atoms with Crippen molar-refractivity contribution in [3.8, 4) is 5.75 Å². The van der Waals surface area contributed by atoms with Gasteiger partial charge < -0.3 is 14.2 Å². The van der Waals surface area contributed by atoms with Crippen molar-refractivity contribution in [3.63, 3.8) is 0 Å². The largest absolute Gasteiger partial charge is 0.496 e. The van der Waals surface area contributed by atoms with Crippen molar-refractivity contribution in [2.75, 3.05) is 20.3 Å². The summed E-state index contributed by atoms with van der Waals surface area (Å²) < 4.78 is 46.1. The van der Waals surface area contributed by atoms with Crippen molar-refractivity contribution in [2.24, 2.45) is 0 Å². The van der Waals surface area contributed by atoms with E-state index in [9.17, 15) is 18.0 Å². The Balaban J connectivity index is 1.26. The van der Waals surface area contributed by atoms with Crippen molar-refractivity contribution >= 4 is 27.3 Å². The first-order chi connectivity index (χ1) is 21.6. The molecule has 0 bridgehead atoms. The number of Topliss-reactive ketones (excluding diaryl/α,β-unsaturated/α-hetero) is 1. The molecular formula is C34H37N3O7S. The molecule has 1 amide bonds. The third-order valence-electron chi connectivity index (χ3n) is 8.76. The highest BCUT2D eigenvalue weighted by molar-refractivity contribution is 7.89. The van der Waals surface area contributed by atoms with Gasteiger partial charge in [-0.15, -0.1) is 0 Å².